The molecule has 0 aromatic carbocycles. The Labute approximate surface area is 276 Å². The Balaban J connectivity index is -0.000000101. The van der Waals surface area contributed by atoms with Gasteiger partial charge in [-0.2, -0.15) is 0 Å². The second-order valence-electron chi connectivity index (χ2n) is 10.3. The third-order valence-corrected chi connectivity index (χ3v) is 6.96. The van der Waals surface area contributed by atoms with Crippen LogP contribution in [0.25, 0.3) is 0 Å². The molecule has 0 radical (unpaired) electrons. The smallest absolute Gasteiger partial charge is 2.00 e. The molecule has 0 amide bonds. The largest absolute Gasteiger partial charge is 4.00 e. The predicted molar refractivity (Wildman–Crippen MR) is 159 cm³/mol. The van der Waals surface area contributed by atoms with E-state index in [9.17, 15) is 29.4 Å². The first kappa shape index (κ1) is 53.3. The molecule has 0 heterocycles. The van der Waals surface area contributed by atoms with Gasteiger partial charge >= 0.3 is 38.1 Å². The average Bonchev–Trinajstić information content (AvgIpc) is 2.91. The molecule has 0 spiro atoms. The molecule has 0 rings (SSSR count). The number of carboxylic acids is 4. The molecule has 0 aromatic heterocycles. The first-order valence-electron chi connectivity index (χ1n) is 15.7. The van der Waals surface area contributed by atoms with Gasteiger partial charge < -0.3 is 35.5 Å². The predicted octanol–water partition coefficient (Wildman–Crippen LogP) is 6.36. The quantitative estimate of drug-likeness (QED) is 0.149. The molecule has 4 unspecified atom stereocenters. The molecule has 0 aromatic rings. The van der Waals surface area contributed by atoms with E-state index in [4.69, 9.17) is 10.2 Å². The summed E-state index contributed by atoms with van der Waals surface area (Å²) in [4.78, 5) is 41.5. The van der Waals surface area contributed by atoms with Crippen LogP contribution in [0.2, 0.25) is 0 Å². The van der Waals surface area contributed by atoms with Gasteiger partial charge in [0.05, 0.1) is 11.8 Å². The van der Waals surface area contributed by atoms with Crippen LogP contribution in [0.5, 0.6) is 0 Å². The zero-order valence-electron chi connectivity index (χ0n) is 27.9. The Morgan fingerprint density at radius 2 is 0.667 bits per heavy atom. The van der Waals surface area contributed by atoms with Crippen LogP contribution in [0.4, 0.5) is 0 Å². The second kappa shape index (κ2) is 39.7. The molecular formula is C32H62O9Zr. The molecule has 0 aliphatic heterocycles. The van der Waals surface area contributed by atoms with Crippen LogP contribution < -0.4 is 10.2 Å². The Hall–Kier alpha value is -1.28. The van der Waals surface area contributed by atoms with Crippen molar-refractivity contribution in [1.82, 2.24) is 0 Å². The minimum Gasteiger partial charge on any atom is -2.00 e. The van der Waals surface area contributed by atoms with E-state index in [0.29, 0.717) is 12.8 Å². The van der Waals surface area contributed by atoms with E-state index >= 15 is 0 Å². The van der Waals surface area contributed by atoms with Crippen molar-refractivity contribution >= 4 is 23.9 Å². The van der Waals surface area contributed by atoms with Crippen molar-refractivity contribution in [3.63, 3.8) is 0 Å². The topological polar surface area (TPSA) is 183 Å². The van der Waals surface area contributed by atoms with Gasteiger partial charge in [0.1, 0.15) is 0 Å². The monoisotopic (exact) mass is 680 g/mol. The fourth-order valence-corrected chi connectivity index (χ4v) is 3.78. The van der Waals surface area contributed by atoms with Gasteiger partial charge in [-0.15, -0.1) is 0 Å². The number of carbonyl (C=O) groups excluding carboxylic acids is 2. The van der Waals surface area contributed by atoms with Crippen molar-refractivity contribution in [2.24, 2.45) is 23.7 Å². The molecule has 0 aliphatic carbocycles. The van der Waals surface area contributed by atoms with Crippen molar-refractivity contribution in [3.05, 3.63) is 0 Å². The number of hydrogen-bond acceptors (Lipinski definition) is 6. The number of unbranched alkanes of at least 4 members (excludes halogenated alkanes) is 4. The zero-order chi connectivity index (χ0) is 31.9. The molecule has 248 valence electrons. The normalized spacial score (nSPS) is 12.4. The minimum absolute atomic E-state index is 0. The van der Waals surface area contributed by atoms with Crippen LogP contribution in [0, 0.1) is 23.7 Å². The fourth-order valence-electron chi connectivity index (χ4n) is 3.78. The summed E-state index contributed by atoms with van der Waals surface area (Å²) in [7, 11) is 0. The maximum absolute atomic E-state index is 10.4. The third kappa shape index (κ3) is 36.7. The van der Waals surface area contributed by atoms with E-state index in [1.165, 1.54) is 0 Å². The van der Waals surface area contributed by atoms with Crippen LogP contribution in [-0.4, -0.2) is 34.1 Å². The summed E-state index contributed by atoms with van der Waals surface area (Å²) < 4.78 is 0. The molecule has 10 heteroatoms. The zero-order valence-corrected chi connectivity index (χ0v) is 30.3. The van der Waals surface area contributed by atoms with Crippen LogP contribution in [-0.2, 0) is 50.9 Å². The molecule has 42 heavy (non-hydrogen) atoms. The number of carboxylic acid groups (broad SMARTS) is 4. The van der Waals surface area contributed by atoms with Gasteiger partial charge in [0.25, 0.3) is 0 Å². The summed E-state index contributed by atoms with van der Waals surface area (Å²) >= 11 is 0. The first-order valence-corrected chi connectivity index (χ1v) is 15.7. The molecule has 0 saturated carbocycles. The van der Waals surface area contributed by atoms with Crippen LogP contribution in [0.1, 0.15) is 158 Å². The molecule has 9 nitrogen and oxygen atoms in total. The van der Waals surface area contributed by atoms with Gasteiger partial charge in [-0.05, 0) is 63.2 Å². The Morgan fingerprint density at radius 3 is 0.786 bits per heavy atom. The number of hydrogen-bond donors (Lipinski definition) is 2. The first-order chi connectivity index (χ1) is 18.9. The third-order valence-electron chi connectivity index (χ3n) is 6.96. The summed E-state index contributed by atoms with van der Waals surface area (Å²) in [6.45, 7) is 15.9. The summed E-state index contributed by atoms with van der Waals surface area (Å²) in [6.07, 6.45) is 14.5. The van der Waals surface area contributed by atoms with E-state index in [0.717, 1.165) is 89.9 Å². The summed E-state index contributed by atoms with van der Waals surface area (Å²) in [6, 6.07) is 0. The average molecular weight is 682 g/mol. The Morgan fingerprint density at radius 1 is 0.476 bits per heavy atom. The molecular weight excluding hydrogens is 620 g/mol. The molecule has 2 N–H and O–H groups in total. The molecule has 0 aliphatic rings. The number of aliphatic carboxylic acids is 4. The van der Waals surface area contributed by atoms with Gasteiger partial charge in [0.15, 0.2) is 0 Å². The SMILES string of the molecule is CCCCC(CC)C(=O)O.CCCCC(CC)C(=O)O.CCCCC(CC)C(=O)[O-].CCCCC(CC)C(=O)[O-].[O-2].[Zr+4]. The van der Waals surface area contributed by atoms with Gasteiger partial charge in [-0.25, -0.2) is 0 Å². The van der Waals surface area contributed by atoms with Crippen molar-refractivity contribution in [2.75, 3.05) is 0 Å². The van der Waals surface area contributed by atoms with Crippen molar-refractivity contribution < 1.29 is 71.3 Å². The van der Waals surface area contributed by atoms with E-state index in [1.54, 1.807) is 0 Å². The summed E-state index contributed by atoms with van der Waals surface area (Å²) in [5.74, 6) is -3.74. The summed E-state index contributed by atoms with van der Waals surface area (Å²) in [5.41, 5.74) is 0. The van der Waals surface area contributed by atoms with Gasteiger partial charge in [-0.1, -0.05) is 107 Å². The van der Waals surface area contributed by atoms with Crippen molar-refractivity contribution in [1.29, 1.82) is 0 Å². The Bertz CT molecular complexity index is 511. The molecule has 4 atom stereocenters. The Kier molecular flexibility index (Phi) is 50.4. The van der Waals surface area contributed by atoms with Crippen LogP contribution in [0.3, 0.4) is 0 Å². The van der Waals surface area contributed by atoms with Crippen LogP contribution in [0.15, 0.2) is 0 Å². The number of rotatable bonds is 20. The maximum Gasteiger partial charge on any atom is 4.00 e. The van der Waals surface area contributed by atoms with Gasteiger partial charge in [-0.3, -0.25) is 9.59 Å². The van der Waals surface area contributed by atoms with Gasteiger partial charge in [0, 0.05) is 11.9 Å². The second-order valence-corrected chi connectivity index (χ2v) is 10.3. The maximum atomic E-state index is 10.4. The minimum atomic E-state index is -0.893. The fraction of sp³-hybridized carbons (Fsp3) is 0.875. The standard InChI is InChI=1S/4C8H16O2.O.Zr/c4*1-3-5-6-7(4-2)8(9)10;;/h4*7H,3-6H2,1-2H3,(H,9,10);;/q;;;;-2;+4/p-2. The van der Waals surface area contributed by atoms with E-state index < -0.39 is 23.9 Å². The van der Waals surface area contributed by atoms with Crippen molar-refractivity contribution in [3.8, 4) is 0 Å². The van der Waals surface area contributed by atoms with Crippen molar-refractivity contribution in [2.45, 2.75) is 158 Å². The van der Waals surface area contributed by atoms with Gasteiger partial charge in [0.2, 0.25) is 0 Å². The van der Waals surface area contributed by atoms with Crippen LogP contribution >= 0.6 is 0 Å². The van der Waals surface area contributed by atoms with E-state index in [1.807, 2.05) is 27.7 Å². The molecule has 0 saturated heterocycles. The van der Waals surface area contributed by atoms with E-state index in [-0.39, 0.29) is 55.4 Å². The van der Waals surface area contributed by atoms with E-state index in [2.05, 4.69) is 27.7 Å². The molecule has 0 bridgehead atoms. The number of carbonyl (C=O) groups is 4. The molecule has 0 fully saturated rings. The summed E-state index contributed by atoms with van der Waals surface area (Å²) in [5, 5.41) is 37.9.